The van der Waals surface area contributed by atoms with E-state index in [9.17, 15) is 9.90 Å². The van der Waals surface area contributed by atoms with Gasteiger partial charge < -0.3 is 20.5 Å². The summed E-state index contributed by atoms with van der Waals surface area (Å²) >= 11 is 0. The third kappa shape index (κ3) is 7.11. The number of aliphatic hydroxyl groups excluding tert-OH is 1. The van der Waals surface area contributed by atoms with Crippen molar-refractivity contribution in [3.05, 3.63) is 29.8 Å². The third-order valence-electron chi connectivity index (χ3n) is 2.76. The topological polar surface area (TPSA) is 70.6 Å². The van der Waals surface area contributed by atoms with Gasteiger partial charge in [0.05, 0.1) is 0 Å². The second-order valence-corrected chi connectivity index (χ2v) is 5.98. The zero-order valence-corrected chi connectivity index (χ0v) is 13.3. The maximum atomic E-state index is 11.6. The molecule has 0 radical (unpaired) electrons. The minimum Gasteiger partial charge on any atom is -0.491 e. The lowest BCUT2D eigenvalue weighted by Gasteiger charge is -2.22. The Morgan fingerprint density at radius 1 is 1.29 bits per heavy atom. The van der Waals surface area contributed by atoms with E-state index < -0.39 is 6.10 Å². The van der Waals surface area contributed by atoms with Crippen LogP contribution < -0.4 is 15.4 Å². The predicted octanol–water partition coefficient (Wildman–Crippen LogP) is 1.56. The van der Waals surface area contributed by atoms with E-state index in [-0.39, 0.29) is 18.1 Å². The summed E-state index contributed by atoms with van der Waals surface area (Å²) in [7, 11) is 0. The molecule has 1 rings (SSSR count). The molecule has 0 aliphatic heterocycles. The number of aliphatic hydroxyl groups is 1. The first kappa shape index (κ1) is 17.5. The molecule has 0 aliphatic carbocycles. The third-order valence-corrected chi connectivity index (χ3v) is 2.76. The monoisotopic (exact) mass is 294 g/mol. The van der Waals surface area contributed by atoms with E-state index >= 15 is 0 Å². The van der Waals surface area contributed by atoms with Gasteiger partial charge in [0.25, 0.3) is 5.91 Å². The van der Waals surface area contributed by atoms with Gasteiger partial charge in [-0.3, -0.25) is 4.79 Å². The average molecular weight is 294 g/mol. The molecule has 0 aliphatic rings. The molecule has 0 heterocycles. The minimum absolute atomic E-state index is 0.0325. The number of hydrogen-bond donors (Lipinski definition) is 3. The summed E-state index contributed by atoms with van der Waals surface area (Å²) in [5, 5.41) is 15.8. The SMILES string of the molecule is CCNC(=O)c1ccc(OCC(O)CNC(C)(C)C)cc1. The van der Waals surface area contributed by atoms with Crippen molar-refractivity contribution in [1.29, 1.82) is 0 Å². The number of carbonyl (C=O) groups is 1. The fourth-order valence-corrected chi connectivity index (χ4v) is 1.64. The number of amides is 1. The van der Waals surface area contributed by atoms with Crippen LogP contribution in [0, 0.1) is 0 Å². The summed E-state index contributed by atoms with van der Waals surface area (Å²) in [6.45, 7) is 9.29. The average Bonchev–Trinajstić information content (AvgIpc) is 2.43. The van der Waals surface area contributed by atoms with Gasteiger partial charge in [-0.05, 0) is 52.0 Å². The second-order valence-electron chi connectivity index (χ2n) is 5.98. The van der Waals surface area contributed by atoms with Crippen LogP contribution in [0.15, 0.2) is 24.3 Å². The molecule has 1 unspecified atom stereocenters. The van der Waals surface area contributed by atoms with E-state index in [0.717, 1.165) is 0 Å². The van der Waals surface area contributed by atoms with Crippen molar-refractivity contribution in [3.8, 4) is 5.75 Å². The summed E-state index contributed by atoms with van der Waals surface area (Å²) in [6, 6.07) is 6.88. The molecule has 1 aromatic carbocycles. The van der Waals surface area contributed by atoms with E-state index in [4.69, 9.17) is 4.74 Å². The molecule has 5 heteroatoms. The quantitative estimate of drug-likeness (QED) is 0.714. The molecule has 118 valence electrons. The number of β-amino-alcohol motifs (C(OH)–C–C–N with tert-alkyl or cyclic N) is 1. The Bertz CT molecular complexity index is 438. The van der Waals surface area contributed by atoms with Crippen LogP contribution >= 0.6 is 0 Å². The molecule has 3 N–H and O–H groups in total. The molecule has 1 amide bonds. The van der Waals surface area contributed by atoms with Crippen LogP contribution in [0.25, 0.3) is 0 Å². The Labute approximate surface area is 126 Å². The highest BCUT2D eigenvalue weighted by Gasteiger charge is 2.12. The number of rotatable bonds is 7. The maximum absolute atomic E-state index is 11.6. The number of ether oxygens (including phenoxy) is 1. The number of benzene rings is 1. The van der Waals surface area contributed by atoms with Crippen LogP contribution in [0.4, 0.5) is 0 Å². The van der Waals surface area contributed by atoms with Crippen LogP contribution in [-0.2, 0) is 0 Å². The maximum Gasteiger partial charge on any atom is 0.251 e. The van der Waals surface area contributed by atoms with E-state index in [1.54, 1.807) is 24.3 Å². The van der Waals surface area contributed by atoms with E-state index in [1.165, 1.54) is 0 Å². The summed E-state index contributed by atoms with van der Waals surface area (Å²) in [5.41, 5.74) is 0.564. The van der Waals surface area contributed by atoms with Gasteiger partial charge in [-0.15, -0.1) is 0 Å². The summed E-state index contributed by atoms with van der Waals surface area (Å²) in [4.78, 5) is 11.6. The lowest BCUT2D eigenvalue weighted by Crippen LogP contribution is -2.42. The summed E-state index contributed by atoms with van der Waals surface area (Å²) < 4.78 is 5.51. The standard InChI is InChI=1S/C16H26N2O3/c1-5-17-15(20)12-6-8-14(9-7-12)21-11-13(19)10-18-16(2,3)4/h6-9,13,18-19H,5,10-11H2,1-4H3,(H,17,20). The van der Waals surface area contributed by atoms with Crippen LogP contribution in [0.1, 0.15) is 38.1 Å². The molecule has 0 fully saturated rings. The van der Waals surface area contributed by atoms with Gasteiger partial charge in [0.2, 0.25) is 0 Å². The van der Waals surface area contributed by atoms with Crippen LogP contribution in [-0.4, -0.2) is 42.4 Å². The van der Waals surface area contributed by atoms with Crippen LogP contribution in [0.3, 0.4) is 0 Å². The van der Waals surface area contributed by atoms with E-state index in [2.05, 4.69) is 10.6 Å². The molecule has 5 nitrogen and oxygen atoms in total. The smallest absolute Gasteiger partial charge is 0.251 e. The molecule has 0 saturated carbocycles. The first-order valence-electron chi connectivity index (χ1n) is 7.26. The first-order chi connectivity index (χ1) is 9.81. The van der Waals surface area contributed by atoms with Crippen molar-refractivity contribution >= 4 is 5.91 Å². The predicted molar refractivity (Wildman–Crippen MR) is 83.7 cm³/mol. The van der Waals surface area contributed by atoms with Gasteiger partial charge in [-0.1, -0.05) is 0 Å². The minimum atomic E-state index is -0.577. The Morgan fingerprint density at radius 3 is 2.43 bits per heavy atom. The Balaban J connectivity index is 2.40. The van der Waals surface area contributed by atoms with E-state index in [1.807, 2.05) is 27.7 Å². The molecular formula is C16H26N2O3. The molecule has 1 atom stereocenters. The summed E-state index contributed by atoms with van der Waals surface area (Å²) in [6.07, 6.45) is -0.577. The van der Waals surface area contributed by atoms with Gasteiger partial charge in [-0.25, -0.2) is 0 Å². The molecular weight excluding hydrogens is 268 g/mol. The molecule has 0 aromatic heterocycles. The number of hydrogen-bond acceptors (Lipinski definition) is 4. The highest BCUT2D eigenvalue weighted by Crippen LogP contribution is 2.12. The van der Waals surface area contributed by atoms with Crippen molar-refractivity contribution in [2.75, 3.05) is 19.7 Å². The lowest BCUT2D eigenvalue weighted by molar-refractivity contribution is 0.0954. The molecule has 21 heavy (non-hydrogen) atoms. The zero-order valence-electron chi connectivity index (χ0n) is 13.3. The highest BCUT2D eigenvalue weighted by atomic mass is 16.5. The zero-order chi connectivity index (χ0) is 15.9. The van der Waals surface area contributed by atoms with E-state index in [0.29, 0.717) is 24.4 Å². The normalized spacial score (nSPS) is 12.8. The Hall–Kier alpha value is -1.59. The fourth-order valence-electron chi connectivity index (χ4n) is 1.64. The van der Waals surface area contributed by atoms with Crippen molar-refractivity contribution in [1.82, 2.24) is 10.6 Å². The molecule has 0 spiro atoms. The van der Waals surface area contributed by atoms with Gasteiger partial charge >= 0.3 is 0 Å². The summed E-state index contributed by atoms with van der Waals surface area (Å²) in [5.74, 6) is 0.538. The van der Waals surface area contributed by atoms with Crippen molar-refractivity contribution in [2.24, 2.45) is 0 Å². The van der Waals surface area contributed by atoms with Crippen molar-refractivity contribution < 1.29 is 14.6 Å². The first-order valence-corrected chi connectivity index (χ1v) is 7.26. The fraction of sp³-hybridized carbons (Fsp3) is 0.562. The molecule has 1 aromatic rings. The number of nitrogens with one attached hydrogen (secondary N) is 2. The second kappa shape index (κ2) is 8.00. The Morgan fingerprint density at radius 2 is 1.90 bits per heavy atom. The van der Waals surface area contributed by atoms with Gasteiger partial charge in [-0.2, -0.15) is 0 Å². The molecule has 0 saturated heterocycles. The lowest BCUT2D eigenvalue weighted by atomic mass is 10.1. The van der Waals surface area contributed by atoms with Gasteiger partial charge in [0.1, 0.15) is 18.5 Å². The van der Waals surface area contributed by atoms with Gasteiger partial charge in [0, 0.05) is 24.2 Å². The highest BCUT2D eigenvalue weighted by molar-refractivity contribution is 5.94. The van der Waals surface area contributed by atoms with Crippen LogP contribution in [0.5, 0.6) is 5.75 Å². The van der Waals surface area contributed by atoms with Crippen LogP contribution in [0.2, 0.25) is 0 Å². The van der Waals surface area contributed by atoms with Crippen molar-refractivity contribution in [3.63, 3.8) is 0 Å². The molecule has 0 bridgehead atoms. The number of carbonyl (C=O) groups excluding carboxylic acids is 1. The van der Waals surface area contributed by atoms with Gasteiger partial charge in [0.15, 0.2) is 0 Å². The Kier molecular flexibility index (Phi) is 6.65. The van der Waals surface area contributed by atoms with Crippen molar-refractivity contribution in [2.45, 2.75) is 39.3 Å². The largest absolute Gasteiger partial charge is 0.491 e.